The van der Waals surface area contributed by atoms with Gasteiger partial charge in [0.25, 0.3) is 0 Å². The van der Waals surface area contributed by atoms with E-state index in [4.69, 9.17) is 0 Å². The molecule has 0 spiro atoms. The molecule has 0 saturated carbocycles. The fraction of sp³-hybridized carbons (Fsp3) is 0.167. The summed E-state index contributed by atoms with van der Waals surface area (Å²) in [5.41, 5.74) is 4.69. The lowest BCUT2D eigenvalue weighted by Crippen LogP contribution is -2.19. The quantitative estimate of drug-likeness (QED) is 0.516. The maximum atomic E-state index is 13.2. The minimum atomic E-state index is -0.399. The van der Waals surface area contributed by atoms with Gasteiger partial charge >= 0.3 is 0 Å². The first-order valence-corrected chi connectivity index (χ1v) is 10.3. The van der Waals surface area contributed by atoms with Crippen LogP contribution >= 0.6 is 11.8 Å². The molecular formula is C24H24N2O2S. The van der Waals surface area contributed by atoms with E-state index >= 15 is 0 Å². The summed E-state index contributed by atoms with van der Waals surface area (Å²) in [7, 11) is 0. The van der Waals surface area contributed by atoms with Gasteiger partial charge in [-0.2, -0.15) is 0 Å². The SMILES string of the molecule is CC(=O)Nc1ccc(SC(C(=O)Nc2cc(C)cc(C)c2)c2ccccc2)cc1. The molecule has 148 valence electrons. The highest BCUT2D eigenvalue weighted by Gasteiger charge is 2.22. The zero-order valence-electron chi connectivity index (χ0n) is 16.7. The van der Waals surface area contributed by atoms with Crippen molar-refractivity contribution >= 4 is 35.0 Å². The summed E-state index contributed by atoms with van der Waals surface area (Å²) >= 11 is 1.48. The van der Waals surface area contributed by atoms with E-state index in [0.717, 1.165) is 33.0 Å². The standard InChI is InChI=1S/C24H24N2O2S/c1-16-13-17(2)15-21(14-16)26-24(28)23(19-7-5-4-6-8-19)29-22-11-9-20(10-12-22)25-18(3)27/h4-15,23H,1-3H3,(H,25,27)(H,26,28). The Morgan fingerprint density at radius 1 is 0.793 bits per heavy atom. The summed E-state index contributed by atoms with van der Waals surface area (Å²) in [4.78, 5) is 25.3. The first kappa shape index (κ1) is 20.7. The second-order valence-corrected chi connectivity index (χ2v) is 8.16. The van der Waals surface area contributed by atoms with Gasteiger partial charge in [0.05, 0.1) is 0 Å². The highest BCUT2D eigenvalue weighted by atomic mass is 32.2. The number of carbonyl (C=O) groups is 2. The van der Waals surface area contributed by atoms with Gasteiger partial charge in [-0.15, -0.1) is 11.8 Å². The molecule has 3 rings (SSSR count). The molecule has 0 bridgehead atoms. The Labute approximate surface area is 175 Å². The Morgan fingerprint density at radius 3 is 2.00 bits per heavy atom. The topological polar surface area (TPSA) is 58.2 Å². The molecule has 1 atom stereocenters. The van der Waals surface area contributed by atoms with Gasteiger partial charge in [0.1, 0.15) is 5.25 Å². The minimum absolute atomic E-state index is 0.0721. The molecule has 3 aromatic carbocycles. The number of rotatable bonds is 6. The van der Waals surface area contributed by atoms with Crippen LogP contribution in [0.15, 0.2) is 77.7 Å². The molecule has 0 saturated heterocycles. The van der Waals surface area contributed by atoms with Gasteiger partial charge in [-0.05, 0) is 66.9 Å². The highest BCUT2D eigenvalue weighted by molar-refractivity contribution is 8.00. The predicted octanol–water partition coefficient (Wildman–Crippen LogP) is 5.73. The maximum Gasteiger partial charge on any atom is 0.242 e. The van der Waals surface area contributed by atoms with E-state index in [2.05, 4.69) is 16.7 Å². The zero-order chi connectivity index (χ0) is 20.8. The Hall–Kier alpha value is -3.05. The Bertz CT molecular complexity index is 981. The van der Waals surface area contributed by atoms with Crippen molar-refractivity contribution in [2.24, 2.45) is 0 Å². The normalized spacial score (nSPS) is 11.6. The molecule has 0 radical (unpaired) electrons. The zero-order valence-corrected chi connectivity index (χ0v) is 17.5. The average molecular weight is 405 g/mol. The Kier molecular flexibility index (Phi) is 6.73. The third-order valence-corrected chi connectivity index (χ3v) is 5.52. The molecular weight excluding hydrogens is 380 g/mol. The van der Waals surface area contributed by atoms with Gasteiger partial charge < -0.3 is 10.6 Å². The molecule has 3 aromatic rings. The first-order chi connectivity index (χ1) is 13.9. The van der Waals surface area contributed by atoms with E-state index in [1.807, 2.05) is 80.6 Å². The van der Waals surface area contributed by atoms with Crippen molar-refractivity contribution < 1.29 is 9.59 Å². The molecule has 0 aliphatic rings. The van der Waals surface area contributed by atoms with Gasteiger partial charge in [0, 0.05) is 23.2 Å². The van der Waals surface area contributed by atoms with Crippen LogP contribution in [-0.4, -0.2) is 11.8 Å². The van der Waals surface area contributed by atoms with Crippen molar-refractivity contribution in [1.29, 1.82) is 0 Å². The molecule has 4 nitrogen and oxygen atoms in total. The van der Waals surface area contributed by atoms with Crippen molar-refractivity contribution in [3.8, 4) is 0 Å². The van der Waals surface area contributed by atoms with Crippen LogP contribution in [0.1, 0.15) is 28.9 Å². The van der Waals surface area contributed by atoms with Gasteiger partial charge in [0.2, 0.25) is 11.8 Å². The van der Waals surface area contributed by atoms with Crippen LogP contribution in [0.2, 0.25) is 0 Å². The van der Waals surface area contributed by atoms with Gasteiger partial charge in [-0.1, -0.05) is 36.4 Å². The summed E-state index contributed by atoms with van der Waals surface area (Å²) in [6, 6.07) is 23.3. The minimum Gasteiger partial charge on any atom is -0.326 e. The lowest BCUT2D eigenvalue weighted by atomic mass is 10.1. The molecule has 2 N–H and O–H groups in total. The fourth-order valence-electron chi connectivity index (χ4n) is 3.11. The predicted molar refractivity (Wildman–Crippen MR) is 120 cm³/mol. The van der Waals surface area contributed by atoms with E-state index in [-0.39, 0.29) is 11.8 Å². The van der Waals surface area contributed by atoms with Crippen LogP contribution in [0.4, 0.5) is 11.4 Å². The van der Waals surface area contributed by atoms with Crippen molar-refractivity contribution in [2.75, 3.05) is 10.6 Å². The number of hydrogen-bond donors (Lipinski definition) is 2. The molecule has 2 amide bonds. The number of amides is 2. The van der Waals surface area contributed by atoms with Crippen molar-refractivity contribution in [3.05, 3.63) is 89.5 Å². The molecule has 1 unspecified atom stereocenters. The largest absolute Gasteiger partial charge is 0.326 e. The van der Waals surface area contributed by atoms with Gasteiger partial charge in [0.15, 0.2) is 0 Å². The lowest BCUT2D eigenvalue weighted by molar-refractivity contribution is -0.116. The number of benzene rings is 3. The Morgan fingerprint density at radius 2 is 1.41 bits per heavy atom. The summed E-state index contributed by atoms with van der Waals surface area (Å²) in [5, 5.41) is 5.42. The molecule has 0 aliphatic carbocycles. The number of carbonyl (C=O) groups excluding carboxylic acids is 2. The van der Waals surface area contributed by atoms with E-state index in [9.17, 15) is 9.59 Å². The molecule has 0 heterocycles. The van der Waals surface area contributed by atoms with Crippen molar-refractivity contribution in [3.63, 3.8) is 0 Å². The van der Waals surface area contributed by atoms with Crippen LogP contribution in [-0.2, 0) is 9.59 Å². The van der Waals surface area contributed by atoms with Crippen LogP contribution in [0, 0.1) is 13.8 Å². The lowest BCUT2D eigenvalue weighted by Gasteiger charge is -2.18. The monoisotopic (exact) mass is 404 g/mol. The molecule has 0 fully saturated rings. The van der Waals surface area contributed by atoms with Gasteiger partial charge in [-0.3, -0.25) is 9.59 Å². The number of thioether (sulfide) groups is 1. The van der Waals surface area contributed by atoms with Gasteiger partial charge in [-0.25, -0.2) is 0 Å². The summed E-state index contributed by atoms with van der Waals surface area (Å²) in [6.07, 6.45) is 0. The van der Waals surface area contributed by atoms with E-state index in [1.165, 1.54) is 18.7 Å². The summed E-state index contributed by atoms with van der Waals surface area (Å²) in [6.45, 7) is 5.51. The second-order valence-electron chi connectivity index (χ2n) is 6.98. The number of aryl methyl sites for hydroxylation is 2. The van der Waals surface area contributed by atoms with E-state index in [0.29, 0.717) is 0 Å². The van der Waals surface area contributed by atoms with Crippen molar-refractivity contribution in [2.45, 2.75) is 30.9 Å². The summed E-state index contributed by atoms with van der Waals surface area (Å²) in [5.74, 6) is -0.183. The fourth-order valence-corrected chi connectivity index (χ4v) is 4.14. The third-order valence-electron chi connectivity index (χ3n) is 4.26. The maximum absolute atomic E-state index is 13.2. The summed E-state index contributed by atoms with van der Waals surface area (Å²) < 4.78 is 0. The second kappa shape index (κ2) is 9.43. The smallest absolute Gasteiger partial charge is 0.242 e. The molecule has 29 heavy (non-hydrogen) atoms. The number of hydrogen-bond acceptors (Lipinski definition) is 3. The third kappa shape index (κ3) is 5.96. The number of nitrogens with one attached hydrogen (secondary N) is 2. The molecule has 5 heteroatoms. The van der Waals surface area contributed by atoms with Crippen LogP contribution in [0.3, 0.4) is 0 Å². The molecule has 0 aliphatic heterocycles. The Balaban J connectivity index is 1.83. The van der Waals surface area contributed by atoms with Crippen LogP contribution < -0.4 is 10.6 Å². The van der Waals surface area contributed by atoms with Crippen LogP contribution in [0.5, 0.6) is 0 Å². The number of anilines is 2. The average Bonchev–Trinajstić information content (AvgIpc) is 2.66. The van der Waals surface area contributed by atoms with E-state index in [1.54, 1.807) is 0 Å². The van der Waals surface area contributed by atoms with E-state index < -0.39 is 5.25 Å². The first-order valence-electron chi connectivity index (χ1n) is 9.39. The van der Waals surface area contributed by atoms with Crippen molar-refractivity contribution in [1.82, 2.24) is 0 Å². The van der Waals surface area contributed by atoms with Crippen LogP contribution in [0.25, 0.3) is 0 Å². The molecule has 0 aromatic heterocycles. The highest BCUT2D eigenvalue weighted by Crippen LogP contribution is 2.36.